The van der Waals surface area contributed by atoms with E-state index in [9.17, 15) is 4.79 Å². The zero-order valence-electron chi connectivity index (χ0n) is 21.2. The van der Waals surface area contributed by atoms with Crippen LogP contribution in [0, 0.1) is 0 Å². The number of carbonyl (C=O) groups is 1. The van der Waals surface area contributed by atoms with Crippen molar-refractivity contribution >= 4 is 11.6 Å². The molecular weight excluding hydrogens is 428 g/mol. The van der Waals surface area contributed by atoms with Crippen LogP contribution in [0.1, 0.15) is 45.7 Å². The molecule has 2 aromatic rings. The predicted octanol–water partition coefficient (Wildman–Crippen LogP) is 4.00. The molecule has 0 unspecified atom stereocenters. The second-order valence-corrected chi connectivity index (χ2v) is 8.29. The number of nitrogens with one attached hydrogen (secondary N) is 1. The van der Waals surface area contributed by atoms with Gasteiger partial charge in [0.1, 0.15) is 24.7 Å². The molecule has 3 rings (SSSR count). The van der Waals surface area contributed by atoms with E-state index in [0.29, 0.717) is 13.2 Å². The molecule has 7 heteroatoms. The summed E-state index contributed by atoms with van der Waals surface area (Å²) in [5.74, 6) is 1.38. The van der Waals surface area contributed by atoms with Gasteiger partial charge in [0.15, 0.2) is 0 Å². The summed E-state index contributed by atoms with van der Waals surface area (Å²) in [4.78, 5) is 16.3. The SMILES string of the molecule is CCN(CC)CCOc1ccc2c(c1)C(=NNC(C)=O)c1cc(OCCN(CC)CC)ccc1-2. The maximum absolute atomic E-state index is 11.6. The highest BCUT2D eigenvalue weighted by Gasteiger charge is 2.26. The lowest BCUT2D eigenvalue weighted by molar-refractivity contribution is -0.118. The molecule has 7 nitrogen and oxygen atoms in total. The van der Waals surface area contributed by atoms with E-state index in [1.165, 1.54) is 6.92 Å². The van der Waals surface area contributed by atoms with Gasteiger partial charge in [-0.25, -0.2) is 5.43 Å². The first-order valence-electron chi connectivity index (χ1n) is 12.3. The Morgan fingerprint density at radius 1 is 0.765 bits per heavy atom. The van der Waals surface area contributed by atoms with Crippen molar-refractivity contribution in [1.82, 2.24) is 15.2 Å². The number of hydrazone groups is 1. The minimum absolute atomic E-state index is 0.208. The van der Waals surface area contributed by atoms with Gasteiger partial charge in [0.25, 0.3) is 0 Å². The number of carbonyl (C=O) groups excluding carboxylic acids is 1. The number of hydrogen-bond acceptors (Lipinski definition) is 6. The van der Waals surface area contributed by atoms with Gasteiger partial charge in [-0.05, 0) is 73.7 Å². The van der Waals surface area contributed by atoms with Gasteiger partial charge >= 0.3 is 0 Å². The molecule has 0 spiro atoms. The molecule has 0 bridgehead atoms. The minimum Gasteiger partial charge on any atom is -0.492 e. The molecule has 0 aliphatic heterocycles. The van der Waals surface area contributed by atoms with E-state index in [4.69, 9.17) is 9.47 Å². The normalized spacial score (nSPS) is 12.0. The first kappa shape index (κ1) is 25.7. The third-order valence-electron chi connectivity index (χ3n) is 6.25. The van der Waals surface area contributed by atoms with E-state index < -0.39 is 0 Å². The van der Waals surface area contributed by atoms with Gasteiger partial charge in [0.05, 0.1) is 5.71 Å². The van der Waals surface area contributed by atoms with Crippen molar-refractivity contribution in [2.45, 2.75) is 34.6 Å². The number of benzene rings is 2. The van der Waals surface area contributed by atoms with Crippen LogP contribution in [-0.2, 0) is 4.79 Å². The fourth-order valence-corrected chi connectivity index (χ4v) is 4.15. The molecule has 34 heavy (non-hydrogen) atoms. The van der Waals surface area contributed by atoms with Gasteiger partial charge in [-0.15, -0.1) is 0 Å². The van der Waals surface area contributed by atoms with Crippen LogP contribution in [0.5, 0.6) is 11.5 Å². The molecule has 0 heterocycles. The standard InChI is InChI=1S/C27H38N4O3/c1-6-30(7-2)14-16-33-21-10-12-23-24-13-11-22(34-17-15-31(8-3)9-4)19-26(24)27(25(23)18-21)29-28-20(5)32/h10-13,18-19H,6-9,14-17H2,1-5H3,(H,28,32). The monoisotopic (exact) mass is 466 g/mol. The lowest BCUT2D eigenvalue weighted by Gasteiger charge is -2.18. The van der Waals surface area contributed by atoms with Crippen molar-refractivity contribution < 1.29 is 14.3 Å². The topological polar surface area (TPSA) is 66.4 Å². The maximum Gasteiger partial charge on any atom is 0.236 e. The summed E-state index contributed by atoms with van der Waals surface area (Å²) in [7, 11) is 0. The Kier molecular flexibility index (Phi) is 9.48. The first-order chi connectivity index (χ1) is 16.5. The van der Waals surface area contributed by atoms with Crippen LogP contribution in [0.4, 0.5) is 0 Å². The molecular formula is C27H38N4O3. The van der Waals surface area contributed by atoms with Crippen LogP contribution in [0.15, 0.2) is 41.5 Å². The molecule has 2 aromatic carbocycles. The van der Waals surface area contributed by atoms with Crippen LogP contribution in [-0.4, -0.2) is 73.9 Å². The van der Waals surface area contributed by atoms with Gasteiger partial charge in [0.2, 0.25) is 5.91 Å². The summed E-state index contributed by atoms with van der Waals surface area (Å²) >= 11 is 0. The van der Waals surface area contributed by atoms with Crippen LogP contribution < -0.4 is 14.9 Å². The summed E-state index contributed by atoms with van der Waals surface area (Å²) in [5, 5.41) is 4.45. The van der Waals surface area contributed by atoms with E-state index in [0.717, 1.165) is 78.7 Å². The molecule has 1 amide bonds. The molecule has 1 aliphatic rings. The van der Waals surface area contributed by atoms with Crippen molar-refractivity contribution in [3.05, 3.63) is 47.5 Å². The minimum atomic E-state index is -0.208. The highest BCUT2D eigenvalue weighted by Crippen LogP contribution is 2.40. The lowest BCUT2D eigenvalue weighted by atomic mass is 10.1. The van der Waals surface area contributed by atoms with Crippen molar-refractivity contribution in [2.24, 2.45) is 5.10 Å². The average Bonchev–Trinajstić information content (AvgIpc) is 3.15. The van der Waals surface area contributed by atoms with Gasteiger partial charge in [-0.2, -0.15) is 5.10 Å². The van der Waals surface area contributed by atoms with Gasteiger partial charge < -0.3 is 19.3 Å². The summed E-state index contributed by atoms with van der Waals surface area (Å²) < 4.78 is 12.1. The summed E-state index contributed by atoms with van der Waals surface area (Å²) in [6.45, 7) is 17.1. The van der Waals surface area contributed by atoms with Gasteiger partial charge in [-0.3, -0.25) is 4.79 Å². The quantitative estimate of drug-likeness (QED) is 0.386. The van der Waals surface area contributed by atoms with E-state index in [2.05, 4.69) is 60.2 Å². The second-order valence-electron chi connectivity index (χ2n) is 8.29. The molecule has 0 radical (unpaired) electrons. The number of fused-ring (bicyclic) bond motifs is 3. The fourth-order valence-electron chi connectivity index (χ4n) is 4.15. The van der Waals surface area contributed by atoms with Gasteiger partial charge in [-0.1, -0.05) is 27.7 Å². The summed E-state index contributed by atoms with van der Waals surface area (Å²) in [5.41, 5.74) is 7.38. The van der Waals surface area contributed by atoms with Crippen molar-refractivity contribution in [2.75, 3.05) is 52.5 Å². The lowest BCUT2D eigenvalue weighted by Crippen LogP contribution is -2.27. The van der Waals surface area contributed by atoms with E-state index >= 15 is 0 Å². The average molecular weight is 467 g/mol. The van der Waals surface area contributed by atoms with E-state index in [1.54, 1.807) is 0 Å². The van der Waals surface area contributed by atoms with Crippen molar-refractivity contribution in [3.8, 4) is 22.6 Å². The Morgan fingerprint density at radius 3 is 1.59 bits per heavy atom. The number of likely N-dealkylation sites (N-methyl/N-ethyl adjacent to an activating group) is 2. The summed E-state index contributed by atoms with van der Waals surface area (Å²) in [6, 6.07) is 12.2. The highest BCUT2D eigenvalue weighted by molar-refractivity contribution is 6.25. The maximum atomic E-state index is 11.6. The molecule has 1 aliphatic carbocycles. The Hall–Kier alpha value is -2.90. The Bertz CT molecular complexity index is 928. The second kappa shape index (κ2) is 12.5. The molecule has 184 valence electrons. The fraction of sp³-hybridized carbons (Fsp3) is 0.481. The van der Waals surface area contributed by atoms with Crippen molar-refractivity contribution in [3.63, 3.8) is 0 Å². The largest absolute Gasteiger partial charge is 0.492 e. The van der Waals surface area contributed by atoms with E-state index in [-0.39, 0.29) is 5.91 Å². The third kappa shape index (κ3) is 6.36. The Labute approximate surface area is 203 Å². The number of nitrogens with zero attached hydrogens (tertiary/aromatic N) is 3. The molecule has 0 aromatic heterocycles. The number of ether oxygens (including phenoxy) is 2. The third-order valence-corrected chi connectivity index (χ3v) is 6.25. The Morgan fingerprint density at radius 2 is 1.21 bits per heavy atom. The van der Waals surface area contributed by atoms with Crippen LogP contribution >= 0.6 is 0 Å². The molecule has 0 saturated carbocycles. The molecule has 1 N–H and O–H groups in total. The van der Waals surface area contributed by atoms with Gasteiger partial charge in [0, 0.05) is 31.1 Å². The predicted molar refractivity (Wildman–Crippen MR) is 138 cm³/mol. The first-order valence-corrected chi connectivity index (χ1v) is 12.3. The Balaban J connectivity index is 1.81. The number of amides is 1. The smallest absolute Gasteiger partial charge is 0.236 e. The van der Waals surface area contributed by atoms with Crippen LogP contribution in [0.3, 0.4) is 0 Å². The number of hydrogen-bond donors (Lipinski definition) is 1. The van der Waals surface area contributed by atoms with Crippen molar-refractivity contribution in [1.29, 1.82) is 0 Å². The molecule has 0 fully saturated rings. The molecule has 0 saturated heterocycles. The zero-order chi connectivity index (χ0) is 24.5. The molecule has 0 atom stereocenters. The number of rotatable bonds is 13. The van der Waals surface area contributed by atoms with Crippen LogP contribution in [0.25, 0.3) is 11.1 Å². The highest BCUT2D eigenvalue weighted by atomic mass is 16.5. The van der Waals surface area contributed by atoms with Crippen LogP contribution in [0.2, 0.25) is 0 Å². The summed E-state index contributed by atoms with van der Waals surface area (Å²) in [6.07, 6.45) is 0. The van der Waals surface area contributed by atoms with E-state index in [1.807, 2.05) is 24.3 Å². The zero-order valence-corrected chi connectivity index (χ0v) is 21.2.